The van der Waals surface area contributed by atoms with E-state index in [1.54, 1.807) is 0 Å². The van der Waals surface area contributed by atoms with Crippen molar-refractivity contribution in [2.24, 2.45) is 0 Å². The summed E-state index contributed by atoms with van der Waals surface area (Å²) in [6.45, 7) is 5.77. The molecule has 140 valence electrons. The van der Waals surface area contributed by atoms with Gasteiger partial charge in [0.1, 0.15) is 6.17 Å². The molecule has 0 spiro atoms. The summed E-state index contributed by atoms with van der Waals surface area (Å²) in [5.74, 6) is 0. The number of unbranched alkanes of at least 4 members (excludes halogenated alkanes) is 9. The molecular formula is C23H38N2. The van der Waals surface area contributed by atoms with Crippen LogP contribution in [0.1, 0.15) is 84.5 Å². The van der Waals surface area contributed by atoms with E-state index in [2.05, 4.69) is 66.4 Å². The summed E-state index contributed by atoms with van der Waals surface area (Å²) >= 11 is 0. The average Bonchev–Trinajstić information content (AvgIpc) is 3.07. The Kier molecular flexibility index (Phi) is 9.54. The molecular weight excluding hydrogens is 304 g/mol. The number of para-hydroxylation sites is 1. The highest BCUT2D eigenvalue weighted by Gasteiger charge is 2.24. The molecule has 0 amide bonds. The van der Waals surface area contributed by atoms with E-state index in [1.165, 1.54) is 76.4 Å². The van der Waals surface area contributed by atoms with Gasteiger partial charge in [0, 0.05) is 24.6 Å². The minimum absolute atomic E-state index is 0.487. The topological polar surface area (TPSA) is 6.48 Å². The van der Waals surface area contributed by atoms with Crippen LogP contribution in [0.25, 0.3) is 0 Å². The summed E-state index contributed by atoms with van der Waals surface area (Å²) in [7, 11) is 0. The van der Waals surface area contributed by atoms with Crippen LogP contribution in [0.3, 0.4) is 0 Å². The first-order valence-corrected chi connectivity index (χ1v) is 10.6. The zero-order valence-electron chi connectivity index (χ0n) is 16.5. The molecule has 1 aliphatic rings. The molecule has 0 aromatic heterocycles. The summed E-state index contributed by atoms with van der Waals surface area (Å²) < 4.78 is 0. The molecule has 2 nitrogen and oxygen atoms in total. The fourth-order valence-corrected chi connectivity index (χ4v) is 3.81. The van der Waals surface area contributed by atoms with E-state index in [9.17, 15) is 0 Å². The summed E-state index contributed by atoms with van der Waals surface area (Å²) in [5, 5.41) is 0. The third-order valence-corrected chi connectivity index (χ3v) is 5.31. The molecule has 0 aliphatic carbocycles. The third kappa shape index (κ3) is 6.76. The monoisotopic (exact) mass is 342 g/mol. The maximum atomic E-state index is 2.53. The molecule has 1 atom stereocenters. The quantitative estimate of drug-likeness (QED) is 0.358. The first kappa shape index (κ1) is 19.9. The predicted molar refractivity (Wildman–Crippen MR) is 111 cm³/mol. The Morgan fingerprint density at radius 1 is 0.720 bits per heavy atom. The highest BCUT2D eigenvalue weighted by molar-refractivity contribution is 5.51. The average molecular weight is 343 g/mol. The van der Waals surface area contributed by atoms with Gasteiger partial charge in [-0.25, -0.2) is 0 Å². The lowest BCUT2D eigenvalue weighted by Crippen LogP contribution is -2.38. The molecule has 1 aromatic carbocycles. The molecule has 1 unspecified atom stereocenters. The molecule has 0 bridgehead atoms. The first-order chi connectivity index (χ1) is 12.4. The van der Waals surface area contributed by atoms with Gasteiger partial charge in [0.15, 0.2) is 0 Å². The molecule has 0 saturated heterocycles. The predicted octanol–water partition coefficient (Wildman–Crippen LogP) is 6.94. The van der Waals surface area contributed by atoms with Gasteiger partial charge in [0.25, 0.3) is 0 Å². The van der Waals surface area contributed by atoms with Gasteiger partial charge in [0.2, 0.25) is 0 Å². The Hall–Kier alpha value is -1.44. The molecule has 0 fully saturated rings. The second kappa shape index (κ2) is 12.0. The number of benzene rings is 1. The van der Waals surface area contributed by atoms with E-state index < -0.39 is 0 Å². The fourth-order valence-electron chi connectivity index (χ4n) is 3.81. The van der Waals surface area contributed by atoms with Crippen LogP contribution in [0.15, 0.2) is 42.7 Å². The van der Waals surface area contributed by atoms with Crippen LogP contribution in [0, 0.1) is 0 Å². The Morgan fingerprint density at radius 3 is 1.92 bits per heavy atom. The molecule has 25 heavy (non-hydrogen) atoms. The lowest BCUT2D eigenvalue weighted by molar-refractivity contribution is 0.285. The van der Waals surface area contributed by atoms with E-state index in [4.69, 9.17) is 0 Å². The Labute approximate surface area is 155 Å². The highest BCUT2D eigenvalue weighted by Crippen LogP contribution is 2.26. The third-order valence-electron chi connectivity index (χ3n) is 5.31. The van der Waals surface area contributed by atoms with Gasteiger partial charge in [0.05, 0.1) is 0 Å². The van der Waals surface area contributed by atoms with Gasteiger partial charge in [-0.2, -0.15) is 0 Å². The van der Waals surface area contributed by atoms with Crippen molar-refractivity contribution >= 4 is 5.69 Å². The fraction of sp³-hybridized carbons (Fsp3) is 0.652. The normalized spacial score (nSPS) is 16.8. The first-order valence-electron chi connectivity index (χ1n) is 10.6. The molecule has 1 aliphatic heterocycles. The van der Waals surface area contributed by atoms with Crippen LogP contribution in [0.2, 0.25) is 0 Å². The molecule has 2 heteroatoms. The summed E-state index contributed by atoms with van der Waals surface area (Å²) in [6, 6.07) is 10.8. The van der Waals surface area contributed by atoms with Crippen molar-refractivity contribution in [3.8, 4) is 0 Å². The van der Waals surface area contributed by atoms with E-state index in [0.29, 0.717) is 6.17 Å². The second-order valence-electron chi connectivity index (χ2n) is 7.35. The van der Waals surface area contributed by atoms with E-state index >= 15 is 0 Å². The number of hydrogen-bond donors (Lipinski definition) is 0. The second-order valence-corrected chi connectivity index (χ2v) is 7.35. The van der Waals surface area contributed by atoms with Gasteiger partial charge in [-0.05, 0) is 25.0 Å². The van der Waals surface area contributed by atoms with Gasteiger partial charge in [-0.1, -0.05) is 89.8 Å². The number of nitrogens with zero attached hydrogens (tertiary/aromatic N) is 2. The number of rotatable bonds is 13. The van der Waals surface area contributed by atoms with Crippen molar-refractivity contribution in [1.82, 2.24) is 4.90 Å². The van der Waals surface area contributed by atoms with Crippen molar-refractivity contribution in [3.63, 3.8) is 0 Å². The maximum absolute atomic E-state index is 2.53. The molecule has 2 rings (SSSR count). The van der Waals surface area contributed by atoms with E-state index in [-0.39, 0.29) is 0 Å². The van der Waals surface area contributed by atoms with Gasteiger partial charge in [-0.15, -0.1) is 0 Å². The number of anilines is 1. The molecule has 1 heterocycles. The van der Waals surface area contributed by atoms with E-state index in [1.807, 2.05) is 0 Å². The van der Waals surface area contributed by atoms with Crippen molar-refractivity contribution in [3.05, 3.63) is 42.7 Å². The number of hydrogen-bond acceptors (Lipinski definition) is 2. The van der Waals surface area contributed by atoms with E-state index in [0.717, 1.165) is 6.42 Å². The van der Waals surface area contributed by atoms with Crippen LogP contribution < -0.4 is 4.90 Å². The molecule has 1 aromatic rings. The zero-order valence-corrected chi connectivity index (χ0v) is 16.5. The largest absolute Gasteiger partial charge is 0.356 e. The lowest BCUT2D eigenvalue weighted by atomic mass is 10.1. The van der Waals surface area contributed by atoms with Crippen molar-refractivity contribution < 1.29 is 0 Å². The summed E-state index contributed by atoms with van der Waals surface area (Å²) in [4.78, 5) is 4.94. The SMILES string of the molecule is CCCCCCCCCCCCN1C=CN(c2ccccc2)C1CC. The Morgan fingerprint density at radius 2 is 1.32 bits per heavy atom. The van der Waals surface area contributed by atoms with Gasteiger partial charge >= 0.3 is 0 Å². The van der Waals surface area contributed by atoms with Gasteiger partial charge < -0.3 is 9.80 Å². The van der Waals surface area contributed by atoms with Crippen LogP contribution in [-0.2, 0) is 0 Å². The molecule has 0 N–H and O–H groups in total. The summed E-state index contributed by atoms with van der Waals surface area (Å²) in [5.41, 5.74) is 1.30. The lowest BCUT2D eigenvalue weighted by Gasteiger charge is -2.32. The standard InChI is InChI=1S/C23H38N2/c1-3-5-6-7-8-9-10-11-12-16-19-24-20-21-25(23(24)4-2)22-17-14-13-15-18-22/h13-15,17-18,20-21,23H,3-12,16,19H2,1-2H3. The highest BCUT2D eigenvalue weighted by atomic mass is 15.4. The smallest absolute Gasteiger partial charge is 0.105 e. The van der Waals surface area contributed by atoms with Crippen LogP contribution in [0.4, 0.5) is 5.69 Å². The van der Waals surface area contributed by atoms with Crippen molar-refractivity contribution in [2.45, 2.75) is 90.6 Å². The van der Waals surface area contributed by atoms with Crippen LogP contribution in [-0.4, -0.2) is 17.6 Å². The van der Waals surface area contributed by atoms with Gasteiger partial charge in [-0.3, -0.25) is 0 Å². The van der Waals surface area contributed by atoms with Crippen molar-refractivity contribution in [2.75, 3.05) is 11.4 Å². The summed E-state index contributed by atoms with van der Waals surface area (Å²) in [6.07, 6.45) is 20.2. The Bertz CT molecular complexity index is 468. The Balaban J connectivity index is 1.58. The maximum Gasteiger partial charge on any atom is 0.105 e. The molecule has 0 radical (unpaired) electrons. The van der Waals surface area contributed by atoms with Crippen LogP contribution >= 0.6 is 0 Å². The zero-order chi connectivity index (χ0) is 17.7. The van der Waals surface area contributed by atoms with Crippen LogP contribution in [0.5, 0.6) is 0 Å². The van der Waals surface area contributed by atoms with Crippen molar-refractivity contribution in [1.29, 1.82) is 0 Å². The minimum Gasteiger partial charge on any atom is -0.356 e. The minimum atomic E-state index is 0.487. The molecule has 0 saturated carbocycles.